The van der Waals surface area contributed by atoms with E-state index in [1.165, 1.54) is 48.0 Å². The Hall–Kier alpha value is -2.23. The van der Waals surface area contributed by atoms with Crippen molar-refractivity contribution in [2.75, 3.05) is 7.11 Å². The molecular formula is C31H49F2NO. The number of hydrogen-bond acceptors (Lipinski definition) is 2. The predicted octanol–water partition coefficient (Wildman–Crippen LogP) is 10.1. The summed E-state index contributed by atoms with van der Waals surface area (Å²) in [6.07, 6.45) is 9.41. The topological polar surface area (TPSA) is 21.6 Å². The Labute approximate surface area is 214 Å². The Morgan fingerprint density at radius 2 is 1.69 bits per heavy atom. The number of alkyl halides is 2. The molecular weight excluding hydrogens is 440 g/mol. The Kier molecular flexibility index (Phi) is 16.9. The Morgan fingerprint density at radius 1 is 1.03 bits per heavy atom. The molecule has 0 bridgehead atoms. The molecule has 1 heterocycles. The molecule has 0 aliphatic carbocycles. The summed E-state index contributed by atoms with van der Waals surface area (Å²) in [7, 11) is 1.64. The third-order valence-electron chi connectivity index (χ3n) is 6.45. The van der Waals surface area contributed by atoms with E-state index in [2.05, 4.69) is 45.3 Å². The molecule has 1 unspecified atom stereocenters. The molecule has 0 amide bonds. The zero-order valence-electron chi connectivity index (χ0n) is 23.7. The molecule has 0 aromatic heterocycles. The van der Waals surface area contributed by atoms with Gasteiger partial charge >= 0.3 is 0 Å². The van der Waals surface area contributed by atoms with Gasteiger partial charge in [0.1, 0.15) is 0 Å². The van der Waals surface area contributed by atoms with Crippen LogP contribution in [0.1, 0.15) is 108 Å². The van der Waals surface area contributed by atoms with Gasteiger partial charge in [-0.05, 0) is 101 Å². The third kappa shape index (κ3) is 12.3. The van der Waals surface area contributed by atoms with E-state index in [9.17, 15) is 8.78 Å². The average molecular weight is 490 g/mol. The molecule has 0 radical (unpaired) electrons. The minimum Gasteiger partial charge on any atom is -0.481 e. The summed E-state index contributed by atoms with van der Waals surface area (Å²) in [4.78, 5) is 4.26. The summed E-state index contributed by atoms with van der Waals surface area (Å²) in [6, 6.07) is 3.87. The maximum atomic E-state index is 12.9. The van der Waals surface area contributed by atoms with Crippen molar-refractivity contribution in [2.45, 2.75) is 113 Å². The highest BCUT2D eigenvalue weighted by Gasteiger charge is 2.22. The van der Waals surface area contributed by atoms with Crippen LogP contribution in [0.3, 0.4) is 0 Å². The molecule has 35 heavy (non-hydrogen) atoms. The lowest BCUT2D eigenvalue weighted by Gasteiger charge is -2.19. The monoisotopic (exact) mass is 489 g/mol. The van der Waals surface area contributed by atoms with E-state index >= 15 is 0 Å². The fraction of sp³-hybridized carbons (Fsp3) is 0.581. The smallest absolute Gasteiger partial charge is 0.245 e. The Balaban J connectivity index is 0.000000530. The highest BCUT2D eigenvalue weighted by molar-refractivity contribution is 5.98. The van der Waals surface area contributed by atoms with Crippen LogP contribution in [-0.2, 0) is 11.2 Å². The molecule has 0 spiro atoms. The van der Waals surface area contributed by atoms with Crippen molar-refractivity contribution in [1.29, 1.82) is 0 Å². The first kappa shape index (κ1) is 32.8. The number of benzene rings is 1. The molecule has 2 rings (SSSR count). The molecule has 1 aromatic carbocycles. The Bertz CT molecular complexity index is 865. The van der Waals surface area contributed by atoms with Crippen molar-refractivity contribution in [3.05, 3.63) is 70.1 Å². The number of ether oxygens (including phenoxy) is 1. The van der Waals surface area contributed by atoms with Gasteiger partial charge in [0.05, 0.1) is 7.11 Å². The van der Waals surface area contributed by atoms with Gasteiger partial charge in [-0.15, -0.1) is 6.58 Å². The van der Waals surface area contributed by atoms with E-state index in [0.29, 0.717) is 6.42 Å². The number of halogens is 2. The number of methoxy groups -OCH3 is 1. The highest BCUT2D eigenvalue weighted by Crippen LogP contribution is 2.31. The number of aliphatic imine (C=N–C) groups is 1. The summed E-state index contributed by atoms with van der Waals surface area (Å²) in [5.74, 6) is 0.0974. The minimum absolute atomic E-state index is 0.490. The molecule has 1 atom stereocenters. The van der Waals surface area contributed by atoms with Crippen LogP contribution in [0, 0.1) is 13.8 Å². The molecule has 0 N–H and O–H groups in total. The van der Waals surface area contributed by atoms with Gasteiger partial charge in [0.2, 0.25) is 12.3 Å². The van der Waals surface area contributed by atoms with Crippen LogP contribution in [0.2, 0.25) is 0 Å². The van der Waals surface area contributed by atoms with Crippen molar-refractivity contribution in [2.24, 2.45) is 4.99 Å². The molecule has 1 aromatic rings. The second-order valence-corrected chi connectivity index (χ2v) is 9.25. The fourth-order valence-electron chi connectivity index (χ4n) is 3.81. The molecule has 4 heteroatoms. The van der Waals surface area contributed by atoms with E-state index in [0.717, 1.165) is 35.6 Å². The van der Waals surface area contributed by atoms with Gasteiger partial charge in [-0.2, -0.15) is 0 Å². The van der Waals surface area contributed by atoms with Crippen LogP contribution in [0.4, 0.5) is 8.78 Å². The lowest BCUT2D eigenvalue weighted by molar-refractivity contribution is 0.112. The van der Waals surface area contributed by atoms with E-state index in [1.54, 1.807) is 7.11 Å². The zero-order chi connectivity index (χ0) is 27.0. The maximum absolute atomic E-state index is 12.9. The van der Waals surface area contributed by atoms with Crippen molar-refractivity contribution < 1.29 is 13.5 Å². The molecule has 0 fully saturated rings. The lowest BCUT2D eigenvalue weighted by Crippen LogP contribution is -2.11. The van der Waals surface area contributed by atoms with Crippen molar-refractivity contribution in [1.82, 2.24) is 0 Å². The average Bonchev–Trinajstić information content (AvgIpc) is 2.98. The van der Waals surface area contributed by atoms with Gasteiger partial charge in [0.25, 0.3) is 0 Å². The van der Waals surface area contributed by atoms with Gasteiger partial charge in [-0.1, -0.05) is 57.4 Å². The second-order valence-electron chi connectivity index (χ2n) is 9.25. The standard InChI is InChI=1S/C14H20F2.C9H13NO.C8H16/c1-5-11-7-8-13(10(4)9(11)3)12(6-2)14(15)16;1-7-5-4-6-9(11-3)10-8(7)2;1-4-5-6-7-8(2)3/h7-8,12,14H,5-6H2,1-4H3;5-6H,4H2,1-3H3;2,4-7H2,1,3H3. The number of unbranched alkanes of at least 4 members (excludes halogenated alkanes) is 2. The quantitative estimate of drug-likeness (QED) is 0.250. The normalized spacial score (nSPS) is 13.8. The SMILES string of the molecule is C=C(C)CCCCC.CCc1ccc(C(CC)C(F)F)c(C)c1C.COC1=CCC=C(C)C(C)=N1. The van der Waals surface area contributed by atoms with Gasteiger partial charge < -0.3 is 4.74 Å². The van der Waals surface area contributed by atoms with E-state index in [4.69, 9.17) is 4.74 Å². The van der Waals surface area contributed by atoms with Crippen LogP contribution in [-0.4, -0.2) is 19.2 Å². The van der Waals surface area contributed by atoms with E-state index < -0.39 is 12.3 Å². The number of aryl methyl sites for hydroxylation is 1. The van der Waals surface area contributed by atoms with Crippen LogP contribution in [0.25, 0.3) is 0 Å². The molecule has 198 valence electrons. The second kappa shape index (κ2) is 18.1. The van der Waals surface area contributed by atoms with Gasteiger partial charge in [0.15, 0.2) is 0 Å². The number of nitrogens with zero attached hydrogens (tertiary/aromatic N) is 1. The summed E-state index contributed by atoms with van der Waals surface area (Å²) in [5.41, 5.74) is 7.85. The zero-order valence-corrected chi connectivity index (χ0v) is 23.7. The maximum Gasteiger partial charge on any atom is 0.245 e. The van der Waals surface area contributed by atoms with E-state index in [-0.39, 0.29) is 0 Å². The van der Waals surface area contributed by atoms with Crippen molar-refractivity contribution in [3.8, 4) is 0 Å². The lowest BCUT2D eigenvalue weighted by atomic mass is 9.88. The van der Waals surface area contributed by atoms with E-state index in [1.807, 2.05) is 45.9 Å². The van der Waals surface area contributed by atoms with Gasteiger partial charge in [0, 0.05) is 11.6 Å². The number of hydrogen-bond donors (Lipinski definition) is 0. The summed E-state index contributed by atoms with van der Waals surface area (Å²) >= 11 is 0. The van der Waals surface area contributed by atoms with Crippen molar-refractivity contribution >= 4 is 5.71 Å². The van der Waals surface area contributed by atoms with Crippen LogP contribution in [0.15, 0.2) is 52.9 Å². The highest BCUT2D eigenvalue weighted by atomic mass is 19.3. The largest absolute Gasteiger partial charge is 0.481 e. The first-order valence-corrected chi connectivity index (χ1v) is 13.0. The first-order valence-electron chi connectivity index (χ1n) is 13.0. The van der Waals surface area contributed by atoms with Crippen LogP contribution in [0.5, 0.6) is 0 Å². The minimum atomic E-state index is -2.27. The molecule has 2 nitrogen and oxygen atoms in total. The summed E-state index contributed by atoms with van der Waals surface area (Å²) in [6.45, 7) is 20.1. The third-order valence-corrected chi connectivity index (χ3v) is 6.45. The summed E-state index contributed by atoms with van der Waals surface area (Å²) < 4.78 is 30.8. The van der Waals surface area contributed by atoms with Gasteiger partial charge in [-0.3, -0.25) is 0 Å². The fourth-order valence-corrected chi connectivity index (χ4v) is 3.81. The number of allylic oxidation sites excluding steroid dienone is 4. The predicted molar refractivity (Wildman–Crippen MR) is 150 cm³/mol. The van der Waals surface area contributed by atoms with Gasteiger partial charge in [-0.25, -0.2) is 13.8 Å². The first-order chi connectivity index (χ1) is 16.5. The molecule has 1 aliphatic heterocycles. The molecule has 0 saturated heterocycles. The van der Waals surface area contributed by atoms with Crippen molar-refractivity contribution in [3.63, 3.8) is 0 Å². The molecule has 0 saturated carbocycles. The molecule has 1 aliphatic rings. The Morgan fingerprint density at radius 3 is 2.17 bits per heavy atom. The van der Waals surface area contributed by atoms with Crippen LogP contribution < -0.4 is 0 Å². The summed E-state index contributed by atoms with van der Waals surface area (Å²) in [5, 5.41) is 0. The van der Waals surface area contributed by atoms with Crippen LogP contribution >= 0.6 is 0 Å². The number of rotatable bonds is 9.